The normalized spacial score (nSPS) is 11.9. The minimum Gasteiger partial charge on any atom is -0.375 e. The number of anilines is 2. The summed E-state index contributed by atoms with van der Waals surface area (Å²) in [7, 11) is 0. The molecular formula is C27H28N4OS. The van der Waals surface area contributed by atoms with Crippen molar-refractivity contribution in [3.05, 3.63) is 101 Å². The Morgan fingerprint density at radius 1 is 1.00 bits per heavy atom. The number of nitrogens with one attached hydrogen (secondary N) is 1. The summed E-state index contributed by atoms with van der Waals surface area (Å²) in [4.78, 5) is 19.4. The fourth-order valence-corrected chi connectivity index (χ4v) is 4.36. The largest absolute Gasteiger partial charge is 0.375 e. The predicted octanol–water partition coefficient (Wildman–Crippen LogP) is 5.98. The topological polar surface area (TPSA) is 71.2 Å². The quantitative estimate of drug-likeness (QED) is 0.325. The first kappa shape index (κ1) is 22.7. The van der Waals surface area contributed by atoms with Crippen LogP contribution in [0.2, 0.25) is 0 Å². The van der Waals surface area contributed by atoms with Crippen LogP contribution in [0.4, 0.5) is 10.8 Å². The van der Waals surface area contributed by atoms with Gasteiger partial charge in [0, 0.05) is 42.2 Å². The van der Waals surface area contributed by atoms with Crippen LogP contribution in [0.3, 0.4) is 0 Å². The monoisotopic (exact) mass is 456 g/mol. The van der Waals surface area contributed by atoms with Crippen molar-refractivity contribution in [1.82, 2.24) is 9.88 Å². The van der Waals surface area contributed by atoms with E-state index in [1.54, 1.807) is 0 Å². The van der Waals surface area contributed by atoms with Gasteiger partial charge in [-0.15, -0.1) is 11.3 Å². The van der Waals surface area contributed by atoms with Gasteiger partial charge in [-0.2, -0.15) is 0 Å². The molecule has 4 rings (SSSR count). The molecule has 1 atom stereocenters. The summed E-state index contributed by atoms with van der Waals surface area (Å²) in [6.45, 7) is 3.64. The van der Waals surface area contributed by atoms with Gasteiger partial charge in [0.2, 0.25) is 5.91 Å². The number of hydrogen-bond donors (Lipinski definition) is 2. The summed E-state index contributed by atoms with van der Waals surface area (Å²) in [6, 6.07) is 28.7. The van der Waals surface area contributed by atoms with E-state index in [1.165, 1.54) is 22.5 Å². The van der Waals surface area contributed by atoms with E-state index in [4.69, 9.17) is 5.73 Å². The Balaban J connectivity index is 1.38. The third kappa shape index (κ3) is 6.28. The Labute approximate surface area is 198 Å². The van der Waals surface area contributed by atoms with Gasteiger partial charge in [0.25, 0.3) is 0 Å². The lowest BCUT2D eigenvalue weighted by molar-refractivity contribution is -0.116. The summed E-state index contributed by atoms with van der Waals surface area (Å²) in [5.74, 6) is -0.000948. The first-order chi connectivity index (χ1) is 16.1. The van der Waals surface area contributed by atoms with Crippen LogP contribution in [-0.4, -0.2) is 22.3 Å². The summed E-state index contributed by atoms with van der Waals surface area (Å²) < 4.78 is 0. The standard InChI is InChI=1S/C27H28N4OS/c1-20(22-10-6-3-7-11-22)31(18-21-8-4-2-5-9-21)17-16-26(32)29-24-14-12-23(13-15-24)25-19-33-27(28)30-25/h2-15,19-20H,16-18H2,1H3,(H2,28,30)(H,29,32)/t20-/m0/s1. The van der Waals surface area contributed by atoms with Gasteiger partial charge >= 0.3 is 0 Å². The molecule has 3 N–H and O–H groups in total. The molecule has 6 heteroatoms. The van der Waals surface area contributed by atoms with E-state index in [9.17, 15) is 4.79 Å². The Morgan fingerprint density at radius 3 is 2.30 bits per heavy atom. The second-order valence-corrected chi connectivity index (χ2v) is 8.88. The van der Waals surface area contributed by atoms with Crippen LogP contribution in [0.5, 0.6) is 0 Å². The number of nitrogen functional groups attached to an aromatic ring is 1. The predicted molar refractivity (Wildman–Crippen MR) is 137 cm³/mol. The first-order valence-electron chi connectivity index (χ1n) is 11.0. The molecule has 0 bridgehead atoms. The van der Waals surface area contributed by atoms with Gasteiger partial charge in [0.1, 0.15) is 0 Å². The van der Waals surface area contributed by atoms with E-state index in [0.29, 0.717) is 18.1 Å². The van der Waals surface area contributed by atoms with Crippen molar-refractivity contribution < 1.29 is 4.79 Å². The zero-order chi connectivity index (χ0) is 23.0. The summed E-state index contributed by atoms with van der Waals surface area (Å²) in [5, 5.41) is 5.49. The number of aromatic nitrogens is 1. The maximum Gasteiger partial charge on any atom is 0.225 e. The zero-order valence-corrected chi connectivity index (χ0v) is 19.5. The Kier molecular flexibility index (Phi) is 7.50. The van der Waals surface area contributed by atoms with Crippen molar-refractivity contribution in [3.8, 4) is 11.3 Å². The Bertz CT molecular complexity index is 1160. The van der Waals surface area contributed by atoms with Crippen LogP contribution in [0.15, 0.2) is 90.3 Å². The molecule has 1 amide bonds. The number of carbonyl (C=O) groups excluding carboxylic acids is 1. The highest BCUT2D eigenvalue weighted by molar-refractivity contribution is 7.13. The third-order valence-corrected chi connectivity index (χ3v) is 6.34. The lowest BCUT2D eigenvalue weighted by atomic mass is 10.1. The SMILES string of the molecule is C[C@@H](c1ccccc1)N(CCC(=O)Nc1ccc(-c2csc(N)n2)cc1)Cc1ccccc1. The van der Waals surface area contributed by atoms with E-state index >= 15 is 0 Å². The smallest absolute Gasteiger partial charge is 0.225 e. The minimum absolute atomic E-state index is 0.000948. The van der Waals surface area contributed by atoms with Crippen molar-refractivity contribution in [2.24, 2.45) is 0 Å². The van der Waals surface area contributed by atoms with E-state index < -0.39 is 0 Å². The number of benzene rings is 3. The van der Waals surface area contributed by atoms with E-state index in [1.807, 2.05) is 41.8 Å². The summed E-state index contributed by atoms with van der Waals surface area (Å²) in [6.07, 6.45) is 0.411. The number of hydrogen-bond acceptors (Lipinski definition) is 5. The van der Waals surface area contributed by atoms with Gasteiger partial charge in [-0.3, -0.25) is 9.69 Å². The molecule has 1 aromatic heterocycles. The minimum atomic E-state index is -0.000948. The van der Waals surface area contributed by atoms with Crippen molar-refractivity contribution >= 4 is 28.1 Å². The second kappa shape index (κ2) is 10.9. The van der Waals surface area contributed by atoms with Gasteiger partial charge in [-0.1, -0.05) is 72.8 Å². The van der Waals surface area contributed by atoms with Crippen LogP contribution in [0.1, 0.15) is 30.5 Å². The first-order valence-corrected chi connectivity index (χ1v) is 11.9. The molecule has 0 aliphatic heterocycles. The van der Waals surface area contributed by atoms with Crippen LogP contribution >= 0.6 is 11.3 Å². The number of amides is 1. The van der Waals surface area contributed by atoms with Crippen LogP contribution < -0.4 is 11.1 Å². The second-order valence-electron chi connectivity index (χ2n) is 7.99. The number of rotatable bonds is 9. The average molecular weight is 457 g/mol. The van der Waals surface area contributed by atoms with Crippen molar-refractivity contribution in [2.45, 2.75) is 25.9 Å². The van der Waals surface area contributed by atoms with E-state index in [0.717, 1.165) is 23.5 Å². The molecule has 1 heterocycles. The van der Waals surface area contributed by atoms with E-state index in [2.05, 4.69) is 70.7 Å². The van der Waals surface area contributed by atoms with Crippen molar-refractivity contribution in [3.63, 3.8) is 0 Å². The van der Waals surface area contributed by atoms with Gasteiger partial charge in [0.05, 0.1) is 5.69 Å². The highest BCUT2D eigenvalue weighted by Crippen LogP contribution is 2.25. The molecule has 0 aliphatic rings. The summed E-state index contributed by atoms with van der Waals surface area (Å²) >= 11 is 1.42. The molecule has 5 nitrogen and oxygen atoms in total. The lowest BCUT2D eigenvalue weighted by Crippen LogP contribution is -2.30. The molecular weight excluding hydrogens is 428 g/mol. The molecule has 0 fully saturated rings. The van der Waals surface area contributed by atoms with Gasteiger partial charge in [-0.05, 0) is 30.2 Å². The molecule has 0 spiro atoms. The molecule has 168 valence electrons. The highest BCUT2D eigenvalue weighted by Gasteiger charge is 2.17. The molecule has 0 saturated heterocycles. The Morgan fingerprint density at radius 2 is 1.67 bits per heavy atom. The molecule has 4 aromatic rings. The maximum atomic E-state index is 12.7. The lowest BCUT2D eigenvalue weighted by Gasteiger charge is -2.29. The molecule has 0 saturated carbocycles. The fourth-order valence-electron chi connectivity index (χ4n) is 3.78. The molecule has 0 aliphatic carbocycles. The summed E-state index contributed by atoms with van der Waals surface area (Å²) in [5.41, 5.74) is 10.8. The fraction of sp³-hybridized carbons (Fsp3) is 0.185. The molecule has 3 aromatic carbocycles. The number of carbonyl (C=O) groups is 1. The molecule has 33 heavy (non-hydrogen) atoms. The average Bonchev–Trinajstić information content (AvgIpc) is 3.29. The van der Waals surface area contributed by atoms with Crippen molar-refractivity contribution in [2.75, 3.05) is 17.6 Å². The van der Waals surface area contributed by atoms with Gasteiger partial charge in [-0.25, -0.2) is 4.98 Å². The number of nitrogens with two attached hydrogens (primary N) is 1. The number of thiazole rings is 1. The van der Waals surface area contributed by atoms with Crippen LogP contribution in [0, 0.1) is 0 Å². The Hall–Kier alpha value is -3.48. The van der Waals surface area contributed by atoms with Crippen LogP contribution in [-0.2, 0) is 11.3 Å². The van der Waals surface area contributed by atoms with Gasteiger partial charge in [0.15, 0.2) is 5.13 Å². The molecule has 0 radical (unpaired) electrons. The third-order valence-electron chi connectivity index (χ3n) is 5.67. The zero-order valence-electron chi connectivity index (χ0n) is 18.6. The van der Waals surface area contributed by atoms with Crippen molar-refractivity contribution in [1.29, 1.82) is 0 Å². The molecule has 0 unspecified atom stereocenters. The maximum absolute atomic E-state index is 12.7. The van der Waals surface area contributed by atoms with Gasteiger partial charge < -0.3 is 11.1 Å². The van der Waals surface area contributed by atoms with Crippen LogP contribution in [0.25, 0.3) is 11.3 Å². The number of nitrogens with zero attached hydrogens (tertiary/aromatic N) is 2. The van der Waals surface area contributed by atoms with E-state index in [-0.39, 0.29) is 11.9 Å². The highest BCUT2D eigenvalue weighted by atomic mass is 32.1.